The van der Waals surface area contributed by atoms with Gasteiger partial charge in [-0.2, -0.15) is 0 Å². The highest BCUT2D eigenvalue weighted by molar-refractivity contribution is 7.98. The highest BCUT2D eigenvalue weighted by Crippen LogP contribution is 2.29. The van der Waals surface area contributed by atoms with E-state index in [1.54, 1.807) is 18.9 Å². The Morgan fingerprint density at radius 1 is 1.03 bits per heavy atom. The van der Waals surface area contributed by atoms with Crippen molar-refractivity contribution in [2.24, 2.45) is 0 Å². The van der Waals surface area contributed by atoms with Crippen LogP contribution >= 0.6 is 11.8 Å². The maximum absolute atomic E-state index is 12.8. The molecule has 0 aliphatic carbocycles. The summed E-state index contributed by atoms with van der Waals surface area (Å²) in [5, 5.41) is 3.12. The van der Waals surface area contributed by atoms with E-state index >= 15 is 0 Å². The molecule has 0 saturated carbocycles. The van der Waals surface area contributed by atoms with Crippen molar-refractivity contribution in [3.05, 3.63) is 95.1 Å². The van der Waals surface area contributed by atoms with Crippen molar-refractivity contribution in [3.63, 3.8) is 0 Å². The van der Waals surface area contributed by atoms with Crippen molar-refractivity contribution in [1.82, 2.24) is 5.32 Å². The third kappa shape index (κ3) is 6.39. The number of carbonyl (C=O) groups excluding carboxylic acids is 1. The molecule has 30 heavy (non-hydrogen) atoms. The monoisotopic (exact) mass is 419 g/mol. The van der Waals surface area contributed by atoms with Crippen molar-refractivity contribution < 1.29 is 9.53 Å². The molecule has 0 spiro atoms. The van der Waals surface area contributed by atoms with Gasteiger partial charge in [-0.15, -0.1) is 11.8 Å². The lowest BCUT2D eigenvalue weighted by Crippen LogP contribution is -2.32. The molecule has 3 rings (SSSR count). The van der Waals surface area contributed by atoms with Crippen molar-refractivity contribution in [3.8, 4) is 5.75 Å². The highest BCUT2D eigenvalue weighted by Gasteiger charge is 2.13. The summed E-state index contributed by atoms with van der Waals surface area (Å²) in [6, 6.07) is 24.6. The fourth-order valence-corrected chi connectivity index (χ4v) is 4.11. The van der Waals surface area contributed by atoms with Gasteiger partial charge in [-0.25, -0.2) is 0 Å². The van der Waals surface area contributed by atoms with Gasteiger partial charge in [0, 0.05) is 27.8 Å². The molecule has 1 unspecified atom stereocenters. The van der Waals surface area contributed by atoms with Gasteiger partial charge in [0.2, 0.25) is 0 Å². The zero-order valence-electron chi connectivity index (χ0n) is 17.9. The van der Waals surface area contributed by atoms with Gasteiger partial charge in [-0.05, 0) is 62.6 Å². The number of hydrogen-bond donors (Lipinski definition) is 1. The number of rotatable bonds is 9. The molecule has 3 nitrogen and oxygen atoms in total. The van der Waals surface area contributed by atoms with Gasteiger partial charge >= 0.3 is 0 Å². The first-order valence-electron chi connectivity index (χ1n) is 10.3. The standard InChI is InChI=1S/C26H29NO2S/c1-19-9-14-24(15-10-19)30-18-23-17-22(13-16-25(23)29-3)26(28)27-20(2)11-12-21-7-5-4-6-8-21/h4-10,13-17,20H,11-12,18H2,1-3H3,(H,27,28). The minimum absolute atomic E-state index is 0.0419. The lowest BCUT2D eigenvalue weighted by atomic mass is 10.1. The van der Waals surface area contributed by atoms with Crippen LogP contribution in [0.1, 0.15) is 40.4 Å². The van der Waals surface area contributed by atoms with E-state index in [1.807, 2.05) is 36.4 Å². The van der Waals surface area contributed by atoms with Crippen LogP contribution in [0.5, 0.6) is 5.75 Å². The Hall–Kier alpha value is -2.72. The second-order valence-electron chi connectivity index (χ2n) is 7.53. The topological polar surface area (TPSA) is 38.3 Å². The van der Waals surface area contributed by atoms with Crippen molar-refractivity contribution in [2.75, 3.05) is 7.11 Å². The summed E-state index contributed by atoms with van der Waals surface area (Å²) < 4.78 is 5.51. The van der Waals surface area contributed by atoms with Gasteiger partial charge in [0.05, 0.1) is 7.11 Å². The molecule has 0 saturated heterocycles. The lowest BCUT2D eigenvalue weighted by molar-refractivity contribution is 0.0938. The third-order valence-corrected chi connectivity index (χ3v) is 6.11. The van der Waals surface area contributed by atoms with Crippen LogP contribution in [-0.4, -0.2) is 19.1 Å². The maximum Gasteiger partial charge on any atom is 0.251 e. The van der Waals surface area contributed by atoms with E-state index in [1.165, 1.54) is 16.0 Å². The van der Waals surface area contributed by atoms with Gasteiger partial charge in [0.15, 0.2) is 0 Å². The number of methoxy groups -OCH3 is 1. The average Bonchev–Trinajstić information content (AvgIpc) is 2.77. The molecular formula is C26H29NO2S. The van der Waals surface area contributed by atoms with Crippen LogP contribution in [0.2, 0.25) is 0 Å². The molecule has 1 atom stereocenters. The first-order chi connectivity index (χ1) is 14.5. The smallest absolute Gasteiger partial charge is 0.251 e. The van der Waals surface area contributed by atoms with Gasteiger partial charge in [0.25, 0.3) is 5.91 Å². The van der Waals surface area contributed by atoms with Crippen molar-refractivity contribution >= 4 is 17.7 Å². The Morgan fingerprint density at radius 2 is 1.77 bits per heavy atom. The summed E-state index contributed by atoms with van der Waals surface area (Å²) in [6.45, 7) is 4.14. The highest BCUT2D eigenvalue weighted by atomic mass is 32.2. The van der Waals surface area contributed by atoms with Crippen LogP contribution in [0, 0.1) is 6.92 Å². The molecule has 3 aromatic rings. The minimum atomic E-state index is -0.0419. The van der Waals surface area contributed by atoms with E-state index in [4.69, 9.17) is 4.74 Å². The average molecular weight is 420 g/mol. The normalized spacial score (nSPS) is 11.7. The van der Waals surface area contributed by atoms with Crippen molar-refractivity contribution in [1.29, 1.82) is 0 Å². The fourth-order valence-electron chi connectivity index (χ4n) is 3.24. The molecule has 0 heterocycles. The van der Waals surface area contributed by atoms with Crippen LogP contribution in [-0.2, 0) is 12.2 Å². The van der Waals surface area contributed by atoms with Gasteiger partial charge in [-0.1, -0.05) is 48.0 Å². The molecule has 1 amide bonds. The van der Waals surface area contributed by atoms with Gasteiger partial charge in [-0.3, -0.25) is 4.79 Å². The van der Waals surface area contributed by atoms with Crippen LogP contribution in [0.4, 0.5) is 0 Å². The van der Waals surface area contributed by atoms with Crippen LogP contribution in [0.3, 0.4) is 0 Å². The summed E-state index contributed by atoms with van der Waals surface area (Å²) >= 11 is 1.74. The number of amides is 1. The quantitative estimate of drug-likeness (QED) is 0.429. The maximum atomic E-state index is 12.8. The van der Waals surface area contributed by atoms with E-state index in [0.29, 0.717) is 5.56 Å². The molecular weight excluding hydrogens is 390 g/mol. The summed E-state index contributed by atoms with van der Waals surface area (Å²) in [5.41, 5.74) is 4.23. The van der Waals surface area contributed by atoms with E-state index in [-0.39, 0.29) is 11.9 Å². The van der Waals surface area contributed by atoms with Gasteiger partial charge in [0.1, 0.15) is 5.75 Å². The lowest BCUT2D eigenvalue weighted by Gasteiger charge is -2.15. The van der Waals surface area contributed by atoms with Crippen LogP contribution in [0.25, 0.3) is 0 Å². The predicted octanol–water partition coefficient (Wildman–Crippen LogP) is 6.05. The van der Waals surface area contributed by atoms with Crippen molar-refractivity contribution in [2.45, 2.75) is 43.4 Å². The third-order valence-electron chi connectivity index (χ3n) is 5.04. The summed E-state index contributed by atoms with van der Waals surface area (Å²) in [7, 11) is 1.67. The number of thioether (sulfide) groups is 1. The summed E-state index contributed by atoms with van der Waals surface area (Å²) in [6.07, 6.45) is 1.85. The zero-order chi connectivity index (χ0) is 21.3. The van der Waals surface area contributed by atoms with Gasteiger partial charge < -0.3 is 10.1 Å². The Morgan fingerprint density at radius 3 is 2.47 bits per heavy atom. The van der Waals surface area contributed by atoms with E-state index in [0.717, 1.165) is 29.9 Å². The Balaban J connectivity index is 1.61. The Kier molecular flexibility index (Phi) is 7.97. The molecule has 0 aromatic heterocycles. The first kappa shape index (κ1) is 22.0. The number of ether oxygens (including phenoxy) is 1. The second kappa shape index (κ2) is 10.9. The molecule has 0 aliphatic rings. The Bertz CT molecular complexity index is 955. The molecule has 4 heteroatoms. The summed E-state index contributed by atoms with van der Waals surface area (Å²) in [5.74, 6) is 1.51. The van der Waals surface area contributed by atoms with Crippen LogP contribution in [0.15, 0.2) is 77.7 Å². The molecule has 0 aliphatic heterocycles. The van der Waals surface area contributed by atoms with E-state index in [2.05, 4.69) is 55.6 Å². The predicted molar refractivity (Wildman–Crippen MR) is 125 cm³/mol. The SMILES string of the molecule is COc1ccc(C(=O)NC(C)CCc2ccccc2)cc1CSc1ccc(C)cc1. The van der Waals surface area contributed by atoms with E-state index in [9.17, 15) is 4.79 Å². The largest absolute Gasteiger partial charge is 0.496 e. The molecule has 156 valence electrons. The fraction of sp³-hybridized carbons (Fsp3) is 0.269. The molecule has 0 fully saturated rings. The Labute approximate surface area is 183 Å². The number of nitrogens with one attached hydrogen (secondary N) is 1. The van der Waals surface area contributed by atoms with E-state index < -0.39 is 0 Å². The van der Waals surface area contributed by atoms with Crippen LogP contribution < -0.4 is 10.1 Å². The minimum Gasteiger partial charge on any atom is -0.496 e. The second-order valence-corrected chi connectivity index (χ2v) is 8.58. The number of benzene rings is 3. The first-order valence-corrected chi connectivity index (χ1v) is 11.2. The molecule has 3 aromatic carbocycles. The number of carbonyl (C=O) groups is 1. The molecule has 0 radical (unpaired) electrons. The summed E-state index contributed by atoms with van der Waals surface area (Å²) in [4.78, 5) is 14.0. The number of aryl methyl sites for hydroxylation is 2. The zero-order valence-corrected chi connectivity index (χ0v) is 18.7. The number of hydrogen-bond acceptors (Lipinski definition) is 3. The molecule has 1 N–H and O–H groups in total. The molecule has 0 bridgehead atoms.